The van der Waals surface area contributed by atoms with Crippen LogP contribution in [0.3, 0.4) is 0 Å². The molecule has 186 valence electrons. The molecule has 2 aliphatic heterocycles. The second-order valence-electron chi connectivity index (χ2n) is 8.16. The van der Waals surface area contributed by atoms with Gasteiger partial charge in [0, 0.05) is 26.2 Å². The van der Waals surface area contributed by atoms with Crippen molar-refractivity contribution in [3.63, 3.8) is 0 Å². The zero-order valence-corrected chi connectivity index (χ0v) is 19.7. The van der Waals surface area contributed by atoms with Gasteiger partial charge in [0.1, 0.15) is 5.75 Å². The van der Waals surface area contributed by atoms with Crippen LogP contribution in [0.25, 0.3) is 0 Å². The van der Waals surface area contributed by atoms with Gasteiger partial charge in [0.15, 0.2) is 0 Å². The Kier molecular flexibility index (Phi) is 7.59. The van der Waals surface area contributed by atoms with E-state index < -0.39 is 5.97 Å². The number of carbonyl (C=O) groups excluding carboxylic acids is 1. The van der Waals surface area contributed by atoms with E-state index in [0.717, 1.165) is 5.56 Å². The molecule has 0 bridgehead atoms. The Morgan fingerprint density at radius 1 is 0.861 bits per heavy atom. The quantitative estimate of drug-likeness (QED) is 0.229. The van der Waals surface area contributed by atoms with E-state index in [4.69, 9.17) is 14.2 Å². The molecule has 0 atom stereocenters. The van der Waals surface area contributed by atoms with Gasteiger partial charge in [0.2, 0.25) is 17.8 Å². The monoisotopic (exact) mass is 489 g/mol. The highest BCUT2D eigenvalue weighted by atomic mass is 16.5. The Morgan fingerprint density at radius 2 is 1.50 bits per heavy atom. The Hall–Kier alpha value is -4.09. The second-order valence-corrected chi connectivity index (χ2v) is 8.16. The number of esters is 1. The van der Waals surface area contributed by atoms with E-state index in [2.05, 4.69) is 35.3 Å². The summed E-state index contributed by atoms with van der Waals surface area (Å²) in [5, 5.41) is 4.31. The predicted octanol–water partition coefficient (Wildman–Crippen LogP) is 2.21. The van der Waals surface area contributed by atoms with E-state index in [0.29, 0.717) is 81.8 Å². The highest BCUT2D eigenvalue weighted by Crippen LogP contribution is 2.19. The molecule has 11 nitrogen and oxygen atoms in total. The number of rotatable bonds is 7. The number of carbonyl (C=O) groups is 1. The summed E-state index contributed by atoms with van der Waals surface area (Å²) in [6, 6.07) is 16.0. The van der Waals surface area contributed by atoms with Crippen LogP contribution in [-0.2, 0) is 9.47 Å². The topological polar surface area (TPSA) is 114 Å². The van der Waals surface area contributed by atoms with Crippen molar-refractivity contribution in [3.05, 3.63) is 65.7 Å². The van der Waals surface area contributed by atoms with E-state index in [1.54, 1.807) is 48.7 Å². The number of hydrogen-bond acceptors (Lipinski definition) is 11. The van der Waals surface area contributed by atoms with Gasteiger partial charge in [-0.05, 0) is 29.8 Å². The van der Waals surface area contributed by atoms with Gasteiger partial charge in [-0.2, -0.15) is 20.1 Å². The summed E-state index contributed by atoms with van der Waals surface area (Å²) in [6.07, 6.45) is 1.62. The lowest BCUT2D eigenvalue weighted by Crippen LogP contribution is -2.40. The number of aromatic nitrogens is 3. The fourth-order valence-electron chi connectivity index (χ4n) is 3.78. The third-order valence-electron chi connectivity index (χ3n) is 5.66. The van der Waals surface area contributed by atoms with Crippen LogP contribution in [0.1, 0.15) is 15.9 Å². The van der Waals surface area contributed by atoms with Crippen LogP contribution in [0.2, 0.25) is 0 Å². The molecule has 5 rings (SSSR count). The lowest BCUT2D eigenvalue weighted by molar-refractivity contribution is 0.0734. The van der Waals surface area contributed by atoms with E-state index in [1.165, 1.54) is 0 Å². The molecule has 2 aromatic carbocycles. The molecule has 0 spiro atoms. The van der Waals surface area contributed by atoms with Gasteiger partial charge in [0.05, 0.1) is 38.2 Å². The molecule has 36 heavy (non-hydrogen) atoms. The molecule has 0 aliphatic carbocycles. The Morgan fingerprint density at radius 3 is 2.14 bits per heavy atom. The first-order chi connectivity index (χ1) is 17.7. The van der Waals surface area contributed by atoms with Crippen molar-refractivity contribution in [1.82, 2.24) is 15.0 Å². The van der Waals surface area contributed by atoms with Crippen LogP contribution in [0.4, 0.5) is 17.8 Å². The van der Waals surface area contributed by atoms with Gasteiger partial charge >= 0.3 is 5.97 Å². The molecule has 11 heteroatoms. The van der Waals surface area contributed by atoms with Crippen molar-refractivity contribution in [2.45, 2.75) is 0 Å². The summed E-state index contributed by atoms with van der Waals surface area (Å²) in [5.41, 5.74) is 4.16. The largest absolute Gasteiger partial charge is 0.423 e. The first-order valence-corrected chi connectivity index (χ1v) is 11.8. The lowest BCUT2D eigenvalue weighted by atomic mass is 10.2. The minimum atomic E-state index is -0.417. The van der Waals surface area contributed by atoms with Gasteiger partial charge < -0.3 is 24.0 Å². The molecule has 2 aliphatic rings. The van der Waals surface area contributed by atoms with Gasteiger partial charge in [-0.3, -0.25) is 0 Å². The smallest absolute Gasteiger partial charge is 0.343 e. The summed E-state index contributed by atoms with van der Waals surface area (Å²) in [6.45, 7) is 5.37. The molecular formula is C25H27N7O4. The lowest BCUT2D eigenvalue weighted by Gasteiger charge is -2.30. The van der Waals surface area contributed by atoms with Crippen LogP contribution < -0.4 is 20.0 Å². The maximum absolute atomic E-state index is 12.3. The molecule has 0 radical (unpaired) electrons. The van der Waals surface area contributed by atoms with Crippen molar-refractivity contribution in [1.29, 1.82) is 0 Å². The van der Waals surface area contributed by atoms with Crippen molar-refractivity contribution >= 4 is 30.0 Å². The molecule has 2 fully saturated rings. The predicted molar refractivity (Wildman–Crippen MR) is 135 cm³/mol. The first-order valence-electron chi connectivity index (χ1n) is 11.8. The maximum atomic E-state index is 12.3. The van der Waals surface area contributed by atoms with Crippen molar-refractivity contribution in [2.75, 3.05) is 67.8 Å². The van der Waals surface area contributed by atoms with Crippen molar-refractivity contribution in [2.24, 2.45) is 5.10 Å². The fraction of sp³-hybridized carbons (Fsp3) is 0.320. The third-order valence-corrected chi connectivity index (χ3v) is 5.66. The van der Waals surface area contributed by atoms with Crippen LogP contribution in [0.5, 0.6) is 5.75 Å². The molecule has 0 saturated carbocycles. The molecule has 3 heterocycles. The number of anilines is 3. The normalized spacial score (nSPS) is 16.2. The van der Waals surface area contributed by atoms with Crippen LogP contribution in [0.15, 0.2) is 59.7 Å². The van der Waals surface area contributed by atoms with Crippen LogP contribution >= 0.6 is 0 Å². The van der Waals surface area contributed by atoms with Crippen LogP contribution in [-0.4, -0.2) is 79.7 Å². The van der Waals surface area contributed by atoms with E-state index in [9.17, 15) is 4.79 Å². The summed E-state index contributed by atoms with van der Waals surface area (Å²) >= 11 is 0. The Labute approximate surface area is 208 Å². The number of nitrogens with one attached hydrogen (secondary N) is 1. The number of nitrogens with zero attached hydrogens (tertiary/aromatic N) is 6. The Balaban J connectivity index is 1.29. The van der Waals surface area contributed by atoms with Gasteiger partial charge in [-0.1, -0.05) is 30.3 Å². The molecule has 3 aromatic rings. The average Bonchev–Trinajstić information content (AvgIpc) is 2.94. The number of hydrogen-bond donors (Lipinski definition) is 1. The zero-order chi connectivity index (χ0) is 24.6. The number of morpholine rings is 2. The van der Waals surface area contributed by atoms with Gasteiger partial charge in [-0.25, -0.2) is 10.2 Å². The fourth-order valence-corrected chi connectivity index (χ4v) is 3.78. The molecule has 0 amide bonds. The first kappa shape index (κ1) is 23.6. The third kappa shape index (κ3) is 6.12. The van der Waals surface area contributed by atoms with E-state index in [-0.39, 0.29) is 0 Å². The van der Waals surface area contributed by atoms with Gasteiger partial charge in [-0.15, -0.1) is 0 Å². The van der Waals surface area contributed by atoms with Crippen molar-refractivity contribution < 1.29 is 19.0 Å². The minimum absolute atomic E-state index is 0.343. The average molecular weight is 490 g/mol. The molecule has 2 saturated heterocycles. The highest BCUT2D eigenvalue weighted by Gasteiger charge is 2.20. The molecule has 0 unspecified atom stereocenters. The van der Waals surface area contributed by atoms with Crippen LogP contribution in [0, 0.1) is 0 Å². The second kappa shape index (κ2) is 11.6. The maximum Gasteiger partial charge on any atom is 0.343 e. The molecule has 1 N–H and O–H groups in total. The summed E-state index contributed by atoms with van der Waals surface area (Å²) < 4.78 is 16.4. The van der Waals surface area contributed by atoms with Crippen molar-refractivity contribution in [3.8, 4) is 5.75 Å². The van der Waals surface area contributed by atoms with E-state index >= 15 is 0 Å². The number of benzene rings is 2. The Bertz CT molecular complexity index is 1160. The number of ether oxygens (including phenoxy) is 3. The highest BCUT2D eigenvalue weighted by molar-refractivity contribution is 5.91. The standard InChI is InChI=1S/C25H27N7O4/c33-22(20-6-2-1-3-7-20)36-21-8-4-5-19(17-21)18-26-30-23-27-24(31-9-13-34-14-10-31)29-25(28-23)32-11-15-35-16-12-32/h1-8,17-18H,9-16H2,(H,27,28,29,30)/b26-18+. The molecule has 1 aromatic heterocycles. The minimum Gasteiger partial charge on any atom is -0.423 e. The summed E-state index contributed by atoms with van der Waals surface area (Å²) in [7, 11) is 0. The summed E-state index contributed by atoms with van der Waals surface area (Å²) in [4.78, 5) is 30.3. The number of hydrazone groups is 1. The van der Waals surface area contributed by atoms with Gasteiger partial charge in [0.25, 0.3) is 0 Å². The van der Waals surface area contributed by atoms with E-state index in [1.807, 2.05) is 12.1 Å². The SMILES string of the molecule is O=C(Oc1cccc(/C=N/Nc2nc(N3CCOCC3)nc(N3CCOCC3)n2)c1)c1ccccc1. The summed E-state index contributed by atoms with van der Waals surface area (Å²) in [5.74, 6) is 1.52. The zero-order valence-electron chi connectivity index (χ0n) is 19.7. The molecular weight excluding hydrogens is 462 g/mol.